The van der Waals surface area contributed by atoms with Crippen molar-refractivity contribution in [1.82, 2.24) is 10.2 Å². The van der Waals surface area contributed by atoms with Gasteiger partial charge in [-0.3, -0.25) is 4.79 Å². The van der Waals surface area contributed by atoms with Gasteiger partial charge in [0.25, 0.3) is 5.91 Å². The Morgan fingerprint density at radius 3 is 3.05 bits per heavy atom. The topological polar surface area (TPSA) is 67.6 Å². The van der Waals surface area contributed by atoms with Crippen LogP contribution in [0.5, 0.6) is 5.75 Å². The lowest BCUT2D eigenvalue weighted by Gasteiger charge is -2.20. The molecular weight excluding hydrogens is 302 g/mol. The van der Waals surface area contributed by atoms with Gasteiger partial charge in [-0.1, -0.05) is 11.6 Å². The molecule has 120 valence electrons. The lowest BCUT2D eigenvalue weighted by molar-refractivity contribution is 0.0941. The van der Waals surface area contributed by atoms with Crippen LogP contribution in [0.15, 0.2) is 12.1 Å². The van der Waals surface area contributed by atoms with E-state index in [9.17, 15) is 4.79 Å². The Morgan fingerprint density at radius 2 is 2.27 bits per heavy atom. The van der Waals surface area contributed by atoms with Crippen LogP contribution in [0.1, 0.15) is 29.6 Å². The summed E-state index contributed by atoms with van der Waals surface area (Å²) in [5.41, 5.74) is 6.59. The molecule has 0 aromatic heterocycles. The molecule has 2 atom stereocenters. The van der Waals surface area contributed by atoms with E-state index in [2.05, 4.69) is 10.2 Å². The molecule has 22 heavy (non-hydrogen) atoms. The number of fused-ring (bicyclic) bond motifs is 1. The number of rotatable bonds is 4. The van der Waals surface area contributed by atoms with E-state index >= 15 is 0 Å². The number of halogens is 1. The Balaban J connectivity index is 1.66. The summed E-state index contributed by atoms with van der Waals surface area (Å²) in [6.07, 6.45) is 3.68. The molecule has 1 amide bonds. The normalized spacial score (nSPS) is 24.3. The predicted molar refractivity (Wildman–Crippen MR) is 87.5 cm³/mol. The maximum Gasteiger partial charge on any atom is 0.255 e. The van der Waals surface area contributed by atoms with Gasteiger partial charge < -0.3 is 20.7 Å². The molecule has 3 N–H and O–H groups in total. The van der Waals surface area contributed by atoms with Gasteiger partial charge in [0.1, 0.15) is 5.75 Å². The third-order valence-electron chi connectivity index (χ3n) is 4.83. The van der Waals surface area contributed by atoms with E-state index in [1.807, 2.05) is 0 Å². The summed E-state index contributed by atoms with van der Waals surface area (Å²) in [5.74, 6) is 0.838. The minimum Gasteiger partial charge on any atom is -0.496 e. The first-order valence-electron chi connectivity index (χ1n) is 7.75. The SMILES string of the molecule is COc1cc(N)c(Cl)cc1C(=O)NC[C@H]1CCN2CCC[C@@H]12. The number of nitrogens with two attached hydrogens (primary N) is 1. The monoisotopic (exact) mass is 323 g/mol. The Kier molecular flexibility index (Phi) is 4.45. The number of carbonyl (C=O) groups is 1. The van der Waals surface area contributed by atoms with Crippen molar-refractivity contribution >= 4 is 23.2 Å². The number of carbonyl (C=O) groups excluding carboxylic acids is 1. The van der Waals surface area contributed by atoms with Crippen molar-refractivity contribution in [1.29, 1.82) is 0 Å². The number of amides is 1. The summed E-state index contributed by atoms with van der Waals surface area (Å²) in [6.45, 7) is 3.06. The molecule has 0 saturated carbocycles. The van der Waals surface area contributed by atoms with Crippen molar-refractivity contribution in [2.75, 3.05) is 32.5 Å². The van der Waals surface area contributed by atoms with Gasteiger partial charge in [0, 0.05) is 18.7 Å². The standard InChI is InChI=1S/C16H22ClN3O2/c1-22-15-8-13(18)12(17)7-11(15)16(21)19-9-10-4-6-20-5-2-3-14(10)20/h7-8,10,14H,2-6,9,18H2,1H3,(H,19,21)/t10-,14+/m1/s1. The van der Waals surface area contributed by atoms with Crippen LogP contribution in [0, 0.1) is 5.92 Å². The molecule has 0 unspecified atom stereocenters. The van der Waals surface area contributed by atoms with Crippen LogP contribution in [0.2, 0.25) is 5.02 Å². The van der Waals surface area contributed by atoms with Crippen LogP contribution in [0.3, 0.4) is 0 Å². The van der Waals surface area contributed by atoms with Gasteiger partial charge >= 0.3 is 0 Å². The van der Waals surface area contributed by atoms with Crippen LogP contribution >= 0.6 is 11.6 Å². The Hall–Kier alpha value is -1.46. The zero-order valence-electron chi connectivity index (χ0n) is 12.8. The highest BCUT2D eigenvalue weighted by Gasteiger charge is 2.37. The van der Waals surface area contributed by atoms with Crippen molar-refractivity contribution in [2.24, 2.45) is 5.92 Å². The zero-order chi connectivity index (χ0) is 15.7. The molecule has 2 fully saturated rings. The molecule has 2 saturated heterocycles. The Labute approximate surface area is 135 Å². The second kappa shape index (κ2) is 6.34. The van der Waals surface area contributed by atoms with E-state index in [1.165, 1.54) is 26.5 Å². The smallest absolute Gasteiger partial charge is 0.255 e. The maximum atomic E-state index is 12.4. The van der Waals surface area contributed by atoms with Gasteiger partial charge in [-0.25, -0.2) is 0 Å². The molecule has 0 spiro atoms. The average molecular weight is 324 g/mol. The summed E-state index contributed by atoms with van der Waals surface area (Å²) in [5, 5.41) is 3.40. The minimum atomic E-state index is -0.157. The van der Waals surface area contributed by atoms with Crippen LogP contribution in [0.4, 0.5) is 5.69 Å². The fourth-order valence-electron chi connectivity index (χ4n) is 3.66. The van der Waals surface area contributed by atoms with Crippen LogP contribution < -0.4 is 15.8 Å². The number of nitrogens with zero attached hydrogens (tertiary/aromatic N) is 1. The third kappa shape index (κ3) is 2.88. The maximum absolute atomic E-state index is 12.4. The highest BCUT2D eigenvalue weighted by atomic mass is 35.5. The summed E-state index contributed by atoms with van der Waals surface area (Å²) in [7, 11) is 1.52. The summed E-state index contributed by atoms with van der Waals surface area (Å²) in [4.78, 5) is 15.0. The highest BCUT2D eigenvalue weighted by Crippen LogP contribution is 2.32. The van der Waals surface area contributed by atoms with E-state index in [-0.39, 0.29) is 5.91 Å². The van der Waals surface area contributed by atoms with E-state index in [0.717, 1.165) is 13.0 Å². The number of anilines is 1. The van der Waals surface area contributed by atoms with Crippen molar-refractivity contribution in [3.63, 3.8) is 0 Å². The molecular formula is C16H22ClN3O2. The van der Waals surface area contributed by atoms with Crippen LogP contribution in [-0.4, -0.2) is 43.6 Å². The first-order chi connectivity index (χ1) is 10.6. The molecule has 0 aliphatic carbocycles. The lowest BCUT2D eigenvalue weighted by Crippen LogP contribution is -2.35. The molecule has 0 bridgehead atoms. The number of nitrogen functional groups attached to an aromatic ring is 1. The van der Waals surface area contributed by atoms with Crippen molar-refractivity contribution in [2.45, 2.75) is 25.3 Å². The van der Waals surface area contributed by atoms with E-state index in [4.69, 9.17) is 22.1 Å². The summed E-state index contributed by atoms with van der Waals surface area (Å²) < 4.78 is 5.24. The largest absolute Gasteiger partial charge is 0.496 e. The fraction of sp³-hybridized carbons (Fsp3) is 0.562. The molecule has 2 heterocycles. The number of methoxy groups -OCH3 is 1. The van der Waals surface area contributed by atoms with Gasteiger partial charge in [-0.2, -0.15) is 0 Å². The molecule has 1 aromatic rings. The molecule has 3 rings (SSSR count). The highest BCUT2D eigenvalue weighted by molar-refractivity contribution is 6.33. The van der Waals surface area contributed by atoms with Gasteiger partial charge in [0.15, 0.2) is 0 Å². The van der Waals surface area contributed by atoms with E-state index < -0.39 is 0 Å². The fourth-order valence-corrected chi connectivity index (χ4v) is 3.82. The number of hydrogen-bond acceptors (Lipinski definition) is 4. The van der Waals surface area contributed by atoms with Gasteiger partial charge in [-0.15, -0.1) is 0 Å². The van der Waals surface area contributed by atoms with Gasteiger partial charge in [0.05, 0.1) is 23.4 Å². The number of benzene rings is 1. The molecule has 2 aliphatic rings. The quantitative estimate of drug-likeness (QED) is 0.833. The number of nitrogens with one attached hydrogen (secondary N) is 1. The van der Waals surface area contributed by atoms with Gasteiger partial charge in [0.2, 0.25) is 0 Å². The predicted octanol–water partition coefficient (Wildman–Crippen LogP) is 2.14. The van der Waals surface area contributed by atoms with E-state index in [1.54, 1.807) is 12.1 Å². The van der Waals surface area contributed by atoms with Crippen LogP contribution in [0.25, 0.3) is 0 Å². The number of hydrogen-bond donors (Lipinski definition) is 2. The molecule has 6 heteroatoms. The lowest BCUT2D eigenvalue weighted by atomic mass is 9.98. The van der Waals surface area contributed by atoms with Crippen molar-refractivity contribution < 1.29 is 9.53 Å². The van der Waals surface area contributed by atoms with Gasteiger partial charge in [-0.05, 0) is 44.3 Å². The second-order valence-electron chi connectivity index (χ2n) is 6.08. The zero-order valence-corrected chi connectivity index (χ0v) is 13.5. The first-order valence-corrected chi connectivity index (χ1v) is 8.13. The van der Waals surface area contributed by atoms with E-state index in [0.29, 0.717) is 40.5 Å². The van der Waals surface area contributed by atoms with Crippen molar-refractivity contribution in [3.05, 3.63) is 22.7 Å². The summed E-state index contributed by atoms with van der Waals surface area (Å²) in [6, 6.07) is 3.80. The Bertz CT molecular complexity index is 579. The summed E-state index contributed by atoms with van der Waals surface area (Å²) >= 11 is 6.02. The van der Waals surface area contributed by atoms with Crippen LogP contribution in [-0.2, 0) is 0 Å². The Morgan fingerprint density at radius 1 is 1.45 bits per heavy atom. The average Bonchev–Trinajstić information content (AvgIpc) is 3.10. The number of ether oxygens (including phenoxy) is 1. The molecule has 1 aromatic carbocycles. The first kappa shape index (κ1) is 15.4. The molecule has 5 nitrogen and oxygen atoms in total. The molecule has 0 radical (unpaired) electrons. The minimum absolute atomic E-state index is 0.157. The third-order valence-corrected chi connectivity index (χ3v) is 5.16. The second-order valence-corrected chi connectivity index (χ2v) is 6.49. The molecule has 2 aliphatic heterocycles. The van der Waals surface area contributed by atoms with Crippen molar-refractivity contribution in [3.8, 4) is 5.75 Å².